The Hall–Kier alpha value is -1.02. The van der Waals surface area contributed by atoms with Crippen molar-refractivity contribution < 1.29 is 0 Å². The average molecular weight is 248 g/mol. The number of nitrogens with one attached hydrogen (secondary N) is 1. The molecule has 0 spiro atoms. The molecule has 1 aromatic carbocycles. The second kappa shape index (κ2) is 6.24. The lowest BCUT2D eigenvalue weighted by Gasteiger charge is -2.21. The molecule has 2 nitrogen and oxygen atoms in total. The standard InChI is InChI=1S/C16H28N2/c1-12-11-14(16(3,4)5)8-9-15(12)18-10-6-7-13(2)17/h8-9,11,13,18H,6-7,10,17H2,1-5H3. The zero-order chi connectivity index (χ0) is 13.8. The van der Waals surface area contributed by atoms with Crippen LogP contribution in [0.25, 0.3) is 0 Å². The number of rotatable bonds is 5. The van der Waals surface area contributed by atoms with Crippen LogP contribution < -0.4 is 11.1 Å². The van der Waals surface area contributed by atoms with Crippen LogP contribution in [-0.2, 0) is 5.41 Å². The lowest BCUT2D eigenvalue weighted by Crippen LogP contribution is -2.16. The van der Waals surface area contributed by atoms with Crippen molar-refractivity contribution in [3.8, 4) is 0 Å². The molecule has 2 heteroatoms. The molecule has 0 fully saturated rings. The van der Waals surface area contributed by atoms with Crippen LogP contribution in [0, 0.1) is 6.92 Å². The highest BCUT2D eigenvalue weighted by Gasteiger charge is 2.14. The highest BCUT2D eigenvalue weighted by molar-refractivity contribution is 5.52. The lowest BCUT2D eigenvalue weighted by molar-refractivity contribution is 0.590. The minimum atomic E-state index is 0.221. The summed E-state index contributed by atoms with van der Waals surface area (Å²) in [5.41, 5.74) is 9.92. The molecule has 0 radical (unpaired) electrons. The van der Waals surface area contributed by atoms with E-state index in [-0.39, 0.29) is 5.41 Å². The summed E-state index contributed by atoms with van der Waals surface area (Å²) in [5, 5.41) is 3.49. The van der Waals surface area contributed by atoms with Crippen LogP contribution in [0.3, 0.4) is 0 Å². The first kappa shape index (κ1) is 15.0. The molecule has 1 atom stereocenters. The first-order chi connectivity index (χ1) is 8.30. The third kappa shape index (κ3) is 4.69. The molecule has 0 saturated carbocycles. The summed E-state index contributed by atoms with van der Waals surface area (Å²) in [5.74, 6) is 0. The quantitative estimate of drug-likeness (QED) is 0.777. The maximum absolute atomic E-state index is 5.74. The van der Waals surface area contributed by atoms with Gasteiger partial charge in [0.15, 0.2) is 0 Å². The van der Waals surface area contributed by atoms with Crippen LogP contribution in [0.4, 0.5) is 5.69 Å². The zero-order valence-electron chi connectivity index (χ0n) is 12.5. The molecule has 0 aliphatic carbocycles. The van der Waals surface area contributed by atoms with Crippen LogP contribution in [0.5, 0.6) is 0 Å². The Kier molecular flexibility index (Phi) is 5.21. The van der Waals surface area contributed by atoms with Crippen molar-refractivity contribution in [3.05, 3.63) is 29.3 Å². The van der Waals surface area contributed by atoms with Crippen molar-refractivity contribution in [2.24, 2.45) is 5.73 Å². The second-order valence-electron chi connectivity index (χ2n) is 6.33. The maximum atomic E-state index is 5.74. The SMILES string of the molecule is Cc1cc(C(C)(C)C)ccc1NCCCC(C)N. The van der Waals surface area contributed by atoms with Crippen LogP contribution in [0.15, 0.2) is 18.2 Å². The first-order valence-corrected chi connectivity index (χ1v) is 6.91. The Balaban J connectivity index is 2.58. The predicted octanol–water partition coefficient (Wildman–Crippen LogP) is 3.83. The summed E-state index contributed by atoms with van der Waals surface area (Å²) >= 11 is 0. The van der Waals surface area contributed by atoms with Gasteiger partial charge in [0.1, 0.15) is 0 Å². The van der Waals surface area contributed by atoms with Crippen molar-refractivity contribution in [1.82, 2.24) is 0 Å². The van der Waals surface area contributed by atoms with E-state index in [4.69, 9.17) is 5.73 Å². The van der Waals surface area contributed by atoms with E-state index < -0.39 is 0 Å². The number of hydrogen-bond acceptors (Lipinski definition) is 2. The molecule has 0 heterocycles. The molecule has 0 aromatic heterocycles. The lowest BCUT2D eigenvalue weighted by atomic mass is 9.86. The van der Waals surface area contributed by atoms with Crippen LogP contribution in [-0.4, -0.2) is 12.6 Å². The van der Waals surface area contributed by atoms with Crippen molar-refractivity contribution in [3.63, 3.8) is 0 Å². The zero-order valence-corrected chi connectivity index (χ0v) is 12.5. The van der Waals surface area contributed by atoms with Crippen LogP contribution in [0.2, 0.25) is 0 Å². The molecule has 1 rings (SSSR count). The summed E-state index contributed by atoms with van der Waals surface area (Å²) in [6.07, 6.45) is 2.20. The van der Waals surface area contributed by atoms with Crippen molar-refractivity contribution in [1.29, 1.82) is 0 Å². The topological polar surface area (TPSA) is 38.0 Å². The van der Waals surface area contributed by atoms with E-state index in [9.17, 15) is 0 Å². The smallest absolute Gasteiger partial charge is 0.0370 e. The van der Waals surface area contributed by atoms with Gasteiger partial charge in [-0.1, -0.05) is 32.9 Å². The maximum Gasteiger partial charge on any atom is 0.0370 e. The van der Waals surface area contributed by atoms with Gasteiger partial charge in [0.25, 0.3) is 0 Å². The van der Waals surface area contributed by atoms with E-state index in [1.54, 1.807) is 0 Å². The number of benzene rings is 1. The van der Waals surface area contributed by atoms with E-state index in [0.717, 1.165) is 19.4 Å². The Morgan fingerprint density at radius 1 is 1.28 bits per heavy atom. The van der Waals surface area contributed by atoms with Gasteiger partial charge in [-0.25, -0.2) is 0 Å². The molecular weight excluding hydrogens is 220 g/mol. The summed E-state index contributed by atoms with van der Waals surface area (Å²) in [7, 11) is 0. The second-order valence-corrected chi connectivity index (χ2v) is 6.33. The van der Waals surface area contributed by atoms with E-state index in [2.05, 4.69) is 58.1 Å². The highest BCUT2D eigenvalue weighted by atomic mass is 14.9. The monoisotopic (exact) mass is 248 g/mol. The molecule has 18 heavy (non-hydrogen) atoms. The summed E-state index contributed by atoms with van der Waals surface area (Å²) in [4.78, 5) is 0. The van der Waals surface area contributed by atoms with E-state index >= 15 is 0 Å². The summed E-state index contributed by atoms with van der Waals surface area (Å²) < 4.78 is 0. The van der Waals surface area contributed by atoms with Gasteiger partial charge in [0.2, 0.25) is 0 Å². The van der Waals surface area contributed by atoms with Gasteiger partial charge >= 0.3 is 0 Å². The van der Waals surface area contributed by atoms with Crippen molar-refractivity contribution in [2.75, 3.05) is 11.9 Å². The minimum absolute atomic E-state index is 0.221. The predicted molar refractivity (Wildman–Crippen MR) is 81.3 cm³/mol. The van der Waals surface area contributed by atoms with Gasteiger partial charge in [-0.2, -0.15) is 0 Å². The third-order valence-corrected chi connectivity index (χ3v) is 3.24. The van der Waals surface area contributed by atoms with Gasteiger partial charge in [0, 0.05) is 18.3 Å². The van der Waals surface area contributed by atoms with E-state index in [1.165, 1.54) is 16.8 Å². The average Bonchev–Trinajstić information content (AvgIpc) is 2.24. The van der Waals surface area contributed by atoms with Crippen LogP contribution in [0.1, 0.15) is 51.7 Å². The van der Waals surface area contributed by atoms with Gasteiger partial charge in [-0.15, -0.1) is 0 Å². The van der Waals surface area contributed by atoms with Gasteiger partial charge in [-0.05, 0) is 49.3 Å². The number of hydrogen-bond donors (Lipinski definition) is 2. The Bertz CT molecular complexity index is 375. The first-order valence-electron chi connectivity index (χ1n) is 6.91. The largest absolute Gasteiger partial charge is 0.385 e. The van der Waals surface area contributed by atoms with Gasteiger partial charge in [-0.3, -0.25) is 0 Å². The van der Waals surface area contributed by atoms with Crippen LogP contribution >= 0.6 is 0 Å². The van der Waals surface area contributed by atoms with Crippen molar-refractivity contribution in [2.45, 2.75) is 58.9 Å². The Morgan fingerprint density at radius 3 is 2.44 bits per heavy atom. The Labute approximate surface area is 112 Å². The summed E-state index contributed by atoms with van der Waals surface area (Å²) in [6, 6.07) is 7.01. The number of anilines is 1. The number of aryl methyl sites for hydroxylation is 1. The molecular formula is C16H28N2. The third-order valence-electron chi connectivity index (χ3n) is 3.24. The fourth-order valence-electron chi connectivity index (χ4n) is 1.98. The summed E-state index contributed by atoms with van der Waals surface area (Å²) in [6.45, 7) is 12.0. The Morgan fingerprint density at radius 2 is 1.94 bits per heavy atom. The molecule has 0 bridgehead atoms. The van der Waals surface area contributed by atoms with Gasteiger partial charge in [0.05, 0.1) is 0 Å². The normalized spacial score (nSPS) is 13.4. The fourth-order valence-corrected chi connectivity index (χ4v) is 1.98. The van der Waals surface area contributed by atoms with Gasteiger partial charge < -0.3 is 11.1 Å². The number of nitrogens with two attached hydrogens (primary N) is 1. The molecule has 0 aliphatic heterocycles. The molecule has 1 aromatic rings. The molecule has 0 aliphatic rings. The minimum Gasteiger partial charge on any atom is -0.385 e. The highest BCUT2D eigenvalue weighted by Crippen LogP contribution is 2.26. The molecule has 0 saturated heterocycles. The van der Waals surface area contributed by atoms with E-state index in [1.807, 2.05) is 0 Å². The van der Waals surface area contributed by atoms with E-state index in [0.29, 0.717) is 6.04 Å². The fraction of sp³-hybridized carbons (Fsp3) is 0.625. The molecule has 3 N–H and O–H groups in total. The molecule has 1 unspecified atom stereocenters. The molecule has 0 amide bonds. The van der Waals surface area contributed by atoms with Crippen molar-refractivity contribution >= 4 is 5.69 Å². The molecule has 102 valence electrons.